The molecule has 0 bridgehead atoms. The van der Waals surface area contributed by atoms with Crippen molar-refractivity contribution in [1.82, 2.24) is 14.6 Å². The minimum absolute atomic E-state index is 0.0234. The number of hydrogen-bond acceptors (Lipinski definition) is 5. The molecule has 2 saturated heterocycles. The minimum Gasteiger partial charge on any atom is -0.371 e. The lowest BCUT2D eigenvalue weighted by atomic mass is 9.95. The smallest absolute Gasteiger partial charge is 0.371 e. The lowest BCUT2D eigenvalue weighted by Crippen LogP contribution is -2.45. The summed E-state index contributed by atoms with van der Waals surface area (Å²) < 4.78 is 120. The van der Waals surface area contributed by atoms with Crippen LogP contribution in [0.4, 0.5) is 36.4 Å². The lowest BCUT2D eigenvalue weighted by Gasteiger charge is -2.35. The zero-order valence-electron chi connectivity index (χ0n) is 20.4. The number of pyridine rings is 1. The van der Waals surface area contributed by atoms with E-state index in [2.05, 4.69) is 10.3 Å². The normalized spacial score (nSPS) is 19.9. The molecule has 0 aliphatic carbocycles. The molecule has 1 amide bonds. The Morgan fingerprint density at radius 1 is 1.00 bits per heavy atom. The Morgan fingerprint density at radius 2 is 1.64 bits per heavy atom. The largest absolute Gasteiger partial charge is 0.419 e. The van der Waals surface area contributed by atoms with Gasteiger partial charge in [0.2, 0.25) is 15.9 Å². The van der Waals surface area contributed by atoms with Crippen molar-refractivity contribution < 1.29 is 43.9 Å². The van der Waals surface area contributed by atoms with Gasteiger partial charge in [-0.25, -0.2) is 12.8 Å². The van der Waals surface area contributed by atoms with Crippen molar-refractivity contribution in [1.29, 1.82) is 0 Å². The van der Waals surface area contributed by atoms with E-state index in [9.17, 15) is 43.9 Å². The van der Waals surface area contributed by atoms with E-state index in [-0.39, 0.29) is 61.7 Å². The number of nitrogens with zero attached hydrogens (tertiary/aromatic N) is 3. The van der Waals surface area contributed by atoms with Crippen LogP contribution in [0.3, 0.4) is 0 Å². The van der Waals surface area contributed by atoms with Gasteiger partial charge in [0, 0.05) is 25.8 Å². The topological polar surface area (TPSA) is 82.6 Å². The zero-order chi connectivity index (χ0) is 28.6. The molecule has 1 N–H and O–H groups in total. The van der Waals surface area contributed by atoms with Gasteiger partial charge in [0.25, 0.3) is 0 Å². The fourth-order valence-corrected chi connectivity index (χ4v) is 6.49. The first-order valence-corrected chi connectivity index (χ1v) is 13.5. The number of piperidine rings is 1. The molecule has 7 nitrogen and oxygen atoms in total. The van der Waals surface area contributed by atoms with Gasteiger partial charge in [-0.05, 0) is 56.0 Å². The molecule has 39 heavy (non-hydrogen) atoms. The molecular weight excluding hydrogens is 557 g/mol. The van der Waals surface area contributed by atoms with Crippen molar-refractivity contribution in [3.63, 3.8) is 0 Å². The quantitative estimate of drug-likeness (QED) is 0.508. The molecule has 1 aromatic heterocycles. The zero-order valence-corrected chi connectivity index (χ0v) is 21.2. The number of benzene rings is 1. The summed E-state index contributed by atoms with van der Waals surface area (Å²) in [5.74, 6) is -2.91. The molecule has 2 aliphatic rings. The fourth-order valence-electron chi connectivity index (χ4n) is 4.84. The third kappa shape index (κ3) is 6.45. The van der Waals surface area contributed by atoms with Crippen LogP contribution in [0, 0.1) is 11.7 Å². The second kappa shape index (κ2) is 10.9. The number of anilines is 1. The van der Waals surface area contributed by atoms with Crippen molar-refractivity contribution in [2.24, 2.45) is 5.92 Å². The first kappa shape index (κ1) is 29.1. The van der Waals surface area contributed by atoms with E-state index < -0.39 is 51.6 Å². The maximum absolute atomic E-state index is 13.6. The van der Waals surface area contributed by atoms with E-state index in [4.69, 9.17) is 0 Å². The summed E-state index contributed by atoms with van der Waals surface area (Å²) in [6.45, 7) is -0.749. The molecule has 2 fully saturated rings. The molecule has 1 unspecified atom stereocenters. The summed E-state index contributed by atoms with van der Waals surface area (Å²) in [7, 11) is -4.11. The molecule has 2 aromatic rings. The summed E-state index contributed by atoms with van der Waals surface area (Å²) in [6.07, 6.45) is -8.77. The molecule has 1 atom stereocenters. The number of sulfonamides is 1. The van der Waals surface area contributed by atoms with Crippen LogP contribution < -0.4 is 10.2 Å². The lowest BCUT2D eigenvalue weighted by molar-refractivity contribution is -0.179. The fraction of sp³-hybridized carbons (Fsp3) is 0.500. The Morgan fingerprint density at radius 3 is 2.23 bits per heavy atom. The second-order valence-electron chi connectivity index (χ2n) is 9.44. The van der Waals surface area contributed by atoms with Crippen LogP contribution in [-0.4, -0.2) is 55.5 Å². The Labute approximate surface area is 220 Å². The molecule has 2 aliphatic heterocycles. The van der Waals surface area contributed by atoms with Gasteiger partial charge in [-0.1, -0.05) is 0 Å². The van der Waals surface area contributed by atoms with E-state index in [1.807, 2.05) is 0 Å². The third-order valence-electron chi connectivity index (χ3n) is 6.91. The highest BCUT2D eigenvalue weighted by molar-refractivity contribution is 7.89. The Balaban J connectivity index is 1.48. The highest BCUT2D eigenvalue weighted by Crippen LogP contribution is 2.40. The van der Waals surface area contributed by atoms with Crippen LogP contribution >= 0.6 is 0 Å². The Kier molecular flexibility index (Phi) is 8.13. The predicted molar refractivity (Wildman–Crippen MR) is 125 cm³/mol. The van der Waals surface area contributed by atoms with Crippen LogP contribution in [0.1, 0.15) is 36.9 Å². The average molecular weight is 583 g/mol. The van der Waals surface area contributed by atoms with Crippen LogP contribution in [0.15, 0.2) is 41.4 Å². The predicted octanol–water partition coefficient (Wildman–Crippen LogP) is 4.49. The van der Waals surface area contributed by atoms with Crippen LogP contribution in [0.25, 0.3) is 0 Å². The molecule has 15 heteroatoms. The van der Waals surface area contributed by atoms with Gasteiger partial charge in [-0.3, -0.25) is 9.78 Å². The molecule has 0 radical (unpaired) electrons. The number of nitrogens with one attached hydrogen (secondary N) is 1. The van der Waals surface area contributed by atoms with E-state index >= 15 is 0 Å². The highest BCUT2D eigenvalue weighted by atomic mass is 32.2. The standard InChI is InChI=1S/C24H25F7N4O3S/c25-16-3-5-18(6-4-16)39(37,38)35-9-1-2-20(35)22(36)33-13-17-12-21(19(14-32-17)24(29,30)31)34-10-7-15(8-11-34)23(26,27)28/h3-6,12,14-15,20H,1-2,7-11,13H2,(H,33,36). The van der Waals surface area contributed by atoms with Gasteiger partial charge >= 0.3 is 12.4 Å². The number of carbonyl (C=O) groups excluding carboxylic acids is 1. The molecule has 0 spiro atoms. The molecule has 3 heterocycles. The average Bonchev–Trinajstić information content (AvgIpc) is 3.38. The van der Waals surface area contributed by atoms with Gasteiger partial charge in [-0.2, -0.15) is 30.6 Å². The number of halogens is 7. The molecule has 0 saturated carbocycles. The van der Waals surface area contributed by atoms with Crippen molar-refractivity contribution >= 4 is 21.6 Å². The van der Waals surface area contributed by atoms with Gasteiger partial charge < -0.3 is 10.2 Å². The molecule has 4 rings (SSSR count). The van der Waals surface area contributed by atoms with E-state index in [1.165, 1.54) is 4.90 Å². The minimum atomic E-state index is -4.80. The Hall–Kier alpha value is -2.94. The van der Waals surface area contributed by atoms with E-state index in [0.717, 1.165) is 34.6 Å². The van der Waals surface area contributed by atoms with E-state index in [0.29, 0.717) is 12.6 Å². The van der Waals surface area contributed by atoms with Gasteiger partial charge in [0.15, 0.2) is 0 Å². The number of alkyl halides is 6. The van der Waals surface area contributed by atoms with Crippen molar-refractivity contribution in [2.45, 2.75) is 55.5 Å². The summed E-state index contributed by atoms with van der Waals surface area (Å²) in [4.78, 5) is 17.7. The highest BCUT2D eigenvalue weighted by Gasteiger charge is 2.43. The Bertz CT molecular complexity index is 1290. The van der Waals surface area contributed by atoms with E-state index in [1.54, 1.807) is 0 Å². The van der Waals surface area contributed by atoms with Crippen LogP contribution in [-0.2, 0) is 27.5 Å². The van der Waals surface area contributed by atoms with Gasteiger partial charge in [0.05, 0.1) is 34.3 Å². The van der Waals surface area contributed by atoms with Crippen molar-refractivity contribution in [3.05, 3.63) is 53.6 Å². The van der Waals surface area contributed by atoms with Crippen molar-refractivity contribution in [3.8, 4) is 0 Å². The number of carbonyl (C=O) groups is 1. The number of amides is 1. The SMILES string of the molecule is O=C(NCc1cc(N2CCC(C(F)(F)F)CC2)c(C(F)(F)F)cn1)C1CCCN1S(=O)(=O)c1ccc(F)cc1. The number of hydrogen-bond donors (Lipinski definition) is 1. The summed E-state index contributed by atoms with van der Waals surface area (Å²) >= 11 is 0. The molecule has 214 valence electrons. The third-order valence-corrected chi connectivity index (χ3v) is 8.84. The van der Waals surface area contributed by atoms with Gasteiger partial charge in [0.1, 0.15) is 11.9 Å². The molecule has 1 aromatic carbocycles. The first-order valence-electron chi connectivity index (χ1n) is 12.1. The summed E-state index contributed by atoms with van der Waals surface area (Å²) in [5, 5.41) is 2.50. The van der Waals surface area contributed by atoms with Crippen molar-refractivity contribution in [2.75, 3.05) is 24.5 Å². The summed E-state index contributed by atoms with van der Waals surface area (Å²) in [6, 6.07) is 4.13. The summed E-state index contributed by atoms with van der Waals surface area (Å²) in [5.41, 5.74) is -1.41. The maximum atomic E-state index is 13.6. The van der Waals surface area contributed by atoms with Gasteiger partial charge in [-0.15, -0.1) is 0 Å². The number of aromatic nitrogens is 1. The first-order chi connectivity index (χ1) is 18.2. The van der Waals surface area contributed by atoms with Crippen LogP contribution in [0.2, 0.25) is 0 Å². The molecular formula is C24H25F7N4O3S. The monoisotopic (exact) mass is 582 g/mol. The van der Waals surface area contributed by atoms with Crippen LogP contribution in [0.5, 0.6) is 0 Å². The second-order valence-corrected chi connectivity index (χ2v) is 11.3. The maximum Gasteiger partial charge on any atom is 0.419 e. The number of rotatable bonds is 6.